The molecule has 0 spiro atoms. The van der Waals surface area contributed by atoms with Crippen LogP contribution in [-0.2, 0) is 10.0 Å². The topological polar surface area (TPSA) is 92.5 Å². The van der Waals surface area contributed by atoms with E-state index in [9.17, 15) is 13.2 Å². The molecule has 0 aliphatic carbocycles. The SMILES string of the molecule is CNCC1CCCN(S(=O)(=O)c2ccc(C)c(C(N)=O)c2)C1. The minimum atomic E-state index is -3.59. The van der Waals surface area contributed by atoms with Crippen LogP contribution in [0.3, 0.4) is 0 Å². The summed E-state index contributed by atoms with van der Waals surface area (Å²) < 4.78 is 27.1. The number of piperidine rings is 1. The van der Waals surface area contributed by atoms with Crippen LogP contribution in [0, 0.1) is 12.8 Å². The zero-order chi connectivity index (χ0) is 16.3. The lowest BCUT2D eigenvalue weighted by atomic mass is 10.00. The van der Waals surface area contributed by atoms with Crippen molar-refractivity contribution in [2.24, 2.45) is 11.7 Å². The number of aryl methyl sites for hydroxylation is 1. The number of primary amides is 1. The van der Waals surface area contributed by atoms with Gasteiger partial charge in [-0.05, 0) is 57.0 Å². The minimum Gasteiger partial charge on any atom is -0.366 e. The van der Waals surface area contributed by atoms with Crippen molar-refractivity contribution in [2.75, 3.05) is 26.7 Å². The highest BCUT2D eigenvalue weighted by Gasteiger charge is 2.30. The summed E-state index contributed by atoms with van der Waals surface area (Å²) in [6.45, 7) is 3.55. The quantitative estimate of drug-likeness (QED) is 0.834. The highest BCUT2D eigenvalue weighted by atomic mass is 32.2. The van der Waals surface area contributed by atoms with Crippen molar-refractivity contribution < 1.29 is 13.2 Å². The fourth-order valence-corrected chi connectivity index (χ4v) is 4.46. The van der Waals surface area contributed by atoms with E-state index in [1.807, 2.05) is 7.05 Å². The number of carbonyl (C=O) groups is 1. The molecule has 1 atom stereocenters. The van der Waals surface area contributed by atoms with Gasteiger partial charge < -0.3 is 11.1 Å². The maximum absolute atomic E-state index is 12.8. The van der Waals surface area contributed by atoms with Crippen molar-refractivity contribution in [1.82, 2.24) is 9.62 Å². The largest absolute Gasteiger partial charge is 0.366 e. The predicted molar refractivity (Wildman–Crippen MR) is 85.1 cm³/mol. The van der Waals surface area contributed by atoms with Crippen LogP contribution in [0.5, 0.6) is 0 Å². The minimum absolute atomic E-state index is 0.136. The first-order valence-electron chi connectivity index (χ1n) is 7.41. The Morgan fingerprint density at radius 1 is 1.45 bits per heavy atom. The van der Waals surface area contributed by atoms with Gasteiger partial charge in [0.2, 0.25) is 15.9 Å². The molecule has 3 N–H and O–H groups in total. The summed E-state index contributed by atoms with van der Waals surface area (Å²) in [6.07, 6.45) is 1.87. The smallest absolute Gasteiger partial charge is 0.249 e. The van der Waals surface area contributed by atoms with E-state index >= 15 is 0 Å². The van der Waals surface area contributed by atoms with Gasteiger partial charge in [0.15, 0.2) is 0 Å². The molecule has 0 aromatic heterocycles. The summed E-state index contributed by atoms with van der Waals surface area (Å²) in [5.74, 6) is -0.296. The van der Waals surface area contributed by atoms with E-state index in [2.05, 4.69) is 5.32 Å². The van der Waals surface area contributed by atoms with Crippen LogP contribution in [0.15, 0.2) is 23.1 Å². The summed E-state index contributed by atoms with van der Waals surface area (Å²) in [6, 6.07) is 4.55. The van der Waals surface area contributed by atoms with Gasteiger partial charge in [-0.3, -0.25) is 4.79 Å². The molecule has 1 saturated heterocycles. The van der Waals surface area contributed by atoms with E-state index in [0.717, 1.165) is 19.4 Å². The second kappa shape index (κ2) is 6.76. The summed E-state index contributed by atoms with van der Waals surface area (Å²) in [7, 11) is -1.72. The molecular formula is C15H23N3O3S. The molecule has 1 unspecified atom stereocenters. The van der Waals surface area contributed by atoms with Crippen molar-refractivity contribution in [2.45, 2.75) is 24.7 Å². The molecule has 122 valence electrons. The molecule has 1 heterocycles. The van der Waals surface area contributed by atoms with Gasteiger partial charge in [0.25, 0.3) is 0 Å². The highest BCUT2D eigenvalue weighted by Crippen LogP contribution is 2.24. The van der Waals surface area contributed by atoms with E-state index < -0.39 is 15.9 Å². The Hall–Kier alpha value is -1.44. The number of carbonyl (C=O) groups excluding carboxylic acids is 1. The number of hydrogen-bond donors (Lipinski definition) is 2. The standard InChI is InChI=1S/C15H23N3O3S/c1-11-5-6-13(8-14(11)15(16)19)22(20,21)18-7-3-4-12(10-18)9-17-2/h5-6,8,12,17H,3-4,7,9-10H2,1-2H3,(H2,16,19). The second-order valence-corrected chi connectivity index (χ2v) is 7.71. The molecule has 0 saturated carbocycles. The fraction of sp³-hybridized carbons (Fsp3) is 0.533. The van der Waals surface area contributed by atoms with Gasteiger partial charge in [0.1, 0.15) is 0 Å². The number of benzene rings is 1. The van der Waals surface area contributed by atoms with Crippen molar-refractivity contribution in [1.29, 1.82) is 0 Å². The number of nitrogens with zero attached hydrogens (tertiary/aromatic N) is 1. The van der Waals surface area contributed by atoms with Crippen LogP contribution in [0.4, 0.5) is 0 Å². The Labute approximate surface area is 131 Å². The first-order valence-corrected chi connectivity index (χ1v) is 8.85. The maximum atomic E-state index is 12.8. The first-order chi connectivity index (χ1) is 10.4. The van der Waals surface area contributed by atoms with E-state index in [1.165, 1.54) is 10.4 Å². The summed E-state index contributed by atoms with van der Waals surface area (Å²) in [4.78, 5) is 11.6. The normalized spacial score (nSPS) is 20.0. The Balaban J connectivity index is 2.30. The van der Waals surface area contributed by atoms with E-state index in [-0.39, 0.29) is 10.5 Å². The van der Waals surface area contributed by atoms with Gasteiger partial charge in [-0.15, -0.1) is 0 Å². The molecule has 2 rings (SSSR count). The zero-order valence-electron chi connectivity index (χ0n) is 13.0. The first kappa shape index (κ1) is 16.9. The molecule has 1 aliphatic heterocycles. The Bertz CT molecular complexity index is 656. The monoisotopic (exact) mass is 325 g/mol. The van der Waals surface area contributed by atoms with Crippen LogP contribution >= 0.6 is 0 Å². The van der Waals surface area contributed by atoms with Gasteiger partial charge in [-0.25, -0.2) is 8.42 Å². The highest BCUT2D eigenvalue weighted by molar-refractivity contribution is 7.89. The van der Waals surface area contributed by atoms with Crippen LogP contribution in [-0.4, -0.2) is 45.3 Å². The molecule has 6 nitrogen and oxygen atoms in total. The van der Waals surface area contributed by atoms with E-state index in [0.29, 0.717) is 24.6 Å². The zero-order valence-corrected chi connectivity index (χ0v) is 13.8. The summed E-state index contributed by atoms with van der Waals surface area (Å²) in [5, 5.41) is 3.10. The van der Waals surface area contributed by atoms with E-state index in [4.69, 9.17) is 5.73 Å². The number of rotatable bonds is 5. The fourth-order valence-electron chi connectivity index (χ4n) is 2.88. The van der Waals surface area contributed by atoms with Gasteiger partial charge in [0, 0.05) is 18.7 Å². The van der Waals surface area contributed by atoms with E-state index in [1.54, 1.807) is 19.1 Å². The summed E-state index contributed by atoms with van der Waals surface area (Å²) >= 11 is 0. The van der Waals surface area contributed by atoms with Crippen molar-refractivity contribution in [3.63, 3.8) is 0 Å². The Morgan fingerprint density at radius 2 is 2.18 bits per heavy atom. The van der Waals surface area contributed by atoms with Gasteiger partial charge >= 0.3 is 0 Å². The van der Waals surface area contributed by atoms with Crippen LogP contribution in [0.2, 0.25) is 0 Å². The average Bonchev–Trinajstić information content (AvgIpc) is 2.48. The lowest BCUT2D eigenvalue weighted by molar-refractivity contribution is 0.0999. The molecule has 22 heavy (non-hydrogen) atoms. The third kappa shape index (κ3) is 3.48. The molecule has 1 aromatic carbocycles. The number of sulfonamides is 1. The lowest BCUT2D eigenvalue weighted by Gasteiger charge is -2.32. The molecule has 0 radical (unpaired) electrons. The lowest BCUT2D eigenvalue weighted by Crippen LogP contribution is -2.42. The maximum Gasteiger partial charge on any atom is 0.249 e. The van der Waals surface area contributed by atoms with Crippen molar-refractivity contribution in [3.8, 4) is 0 Å². The van der Waals surface area contributed by atoms with Crippen molar-refractivity contribution in [3.05, 3.63) is 29.3 Å². The summed E-state index contributed by atoms with van der Waals surface area (Å²) in [5.41, 5.74) is 6.24. The van der Waals surface area contributed by atoms with Crippen LogP contribution in [0.1, 0.15) is 28.8 Å². The van der Waals surface area contributed by atoms with Gasteiger partial charge in [-0.1, -0.05) is 6.07 Å². The van der Waals surface area contributed by atoms with Crippen molar-refractivity contribution >= 4 is 15.9 Å². The third-order valence-electron chi connectivity index (χ3n) is 4.09. The molecule has 1 aromatic rings. The van der Waals surface area contributed by atoms with Crippen LogP contribution < -0.4 is 11.1 Å². The molecule has 1 aliphatic rings. The number of nitrogens with one attached hydrogen (secondary N) is 1. The second-order valence-electron chi connectivity index (χ2n) is 5.77. The molecule has 0 bridgehead atoms. The Kier molecular flexibility index (Phi) is 5.20. The average molecular weight is 325 g/mol. The van der Waals surface area contributed by atoms with Gasteiger partial charge in [-0.2, -0.15) is 4.31 Å². The number of amides is 1. The molecule has 1 amide bonds. The molecule has 1 fully saturated rings. The predicted octanol–water partition coefficient (Wildman–Crippen LogP) is 0.714. The Morgan fingerprint density at radius 3 is 2.82 bits per heavy atom. The number of nitrogens with two attached hydrogens (primary N) is 1. The number of hydrogen-bond acceptors (Lipinski definition) is 4. The molecule has 7 heteroatoms. The van der Waals surface area contributed by atoms with Gasteiger partial charge in [0.05, 0.1) is 4.90 Å². The third-order valence-corrected chi connectivity index (χ3v) is 5.95. The van der Waals surface area contributed by atoms with Crippen LogP contribution in [0.25, 0.3) is 0 Å². The molecular weight excluding hydrogens is 302 g/mol.